The summed E-state index contributed by atoms with van der Waals surface area (Å²) in [6, 6.07) is 8.00. The van der Waals surface area contributed by atoms with Crippen LogP contribution in [0.3, 0.4) is 0 Å². The molecule has 3 heteroatoms. The quantitative estimate of drug-likeness (QED) is 0.610. The summed E-state index contributed by atoms with van der Waals surface area (Å²) < 4.78 is 0. The second kappa shape index (κ2) is 6.12. The molecule has 0 saturated heterocycles. The van der Waals surface area contributed by atoms with E-state index in [-0.39, 0.29) is 0 Å². The zero-order chi connectivity index (χ0) is 13.0. The zero-order valence-corrected chi connectivity index (χ0v) is 11.4. The number of hydrogen-bond donors (Lipinski definition) is 2. The Kier molecular flexibility index (Phi) is 4.50. The highest BCUT2D eigenvalue weighted by atomic mass is 32.1. The number of benzene rings is 1. The van der Waals surface area contributed by atoms with Crippen molar-refractivity contribution in [2.75, 3.05) is 0 Å². The molecule has 2 nitrogen and oxygen atoms in total. The molecule has 0 bridgehead atoms. The van der Waals surface area contributed by atoms with Gasteiger partial charge >= 0.3 is 0 Å². The van der Waals surface area contributed by atoms with E-state index in [2.05, 4.69) is 0 Å². The van der Waals surface area contributed by atoms with Gasteiger partial charge < -0.3 is 11.5 Å². The van der Waals surface area contributed by atoms with Crippen molar-refractivity contribution in [2.24, 2.45) is 17.4 Å². The number of hydrogen-bond acceptors (Lipinski definition) is 3. The van der Waals surface area contributed by atoms with Gasteiger partial charge in [-0.1, -0.05) is 49.3 Å². The van der Waals surface area contributed by atoms with Crippen molar-refractivity contribution in [3.63, 3.8) is 0 Å². The lowest BCUT2D eigenvalue weighted by Gasteiger charge is -2.04. The van der Waals surface area contributed by atoms with E-state index >= 15 is 0 Å². The van der Waals surface area contributed by atoms with Crippen LogP contribution in [0.4, 0.5) is 0 Å². The lowest BCUT2D eigenvalue weighted by molar-refractivity contribution is 0.763. The molecule has 0 atom stereocenters. The third-order valence-electron chi connectivity index (χ3n) is 3.34. The van der Waals surface area contributed by atoms with Crippen LogP contribution >= 0.6 is 12.2 Å². The van der Waals surface area contributed by atoms with E-state index in [1.165, 1.54) is 19.3 Å². The molecule has 4 N–H and O–H groups in total. The first-order valence-electron chi connectivity index (χ1n) is 6.48. The maximum atomic E-state index is 6.05. The fourth-order valence-corrected chi connectivity index (χ4v) is 2.16. The monoisotopic (exact) mass is 260 g/mol. The summed E-state index contributed by atoms with van der Waals surface area (Å²) >= 11 is 5.35. The molecule has 0 heterocycles. The summed E-state index contributed by atoms with van der Waals surface area (Å²) in [7, 11) is 0. The molecule has 0 amide bonds. The highest BCUT2D eigenvalue weighted by molar-refractivity contribution is 7.80. The van der Waals surface area contributed by atoms with Crippen LogP contribution in [0.5, 0.6) is 0 Å². The van der Waals surface area contributed by atoms with Gasteiger partial charge in [0.15, 0.2) is 0 Å². The Bertz CT molecular complexity index is 444. The molecule has 18 heavy (non-hydrogen) atoms. The van der Waals surface area contributed by atoms with Crippen molar-refractivity contribution in [2.45, 2.75) is 32.2 Å². The van der Waals surface area contributed by atoms with Gasteiger partial charge in [0.05, 0.1) is 0 Å². The molecule has 1 aliphatic rings. The van der Waals surface area contributed by atoms with Gasteiger partial charge in [-0.2, -0.15) is 0 Å². The summed E-state index contributed by atoms with van der Waals surface area (Å²) in [5, 5.41) is 0. The van der Waals surface area contributed by atoms with Crippen LogP contribution in [0.2, 0.25) is 0 Å². The topological polar surface area (TPSA) is 52.0 Å². The third kappa shape index (κ3) is 3.93. The second-order valence-electron chi connectivity index (χ2n) is 4.95. The molecule has 1 fully saturated rings. The van der Waals surface area contributed by atoms with Gasteiger partial charge in [0.25, 0.3) is 0 Å². The minimum absolute atomic E-state index is 0.559. The highest BCUT2D eigenvalue weighted by Gasteiger charge is 2.20. The number of allylic oxidation sites excluding steroid dienone is 1. The van der Waals surface area contributed by atoms with Crippen LogP contribution < -0.4 is 11.5 Å². The Labute approximate surface area is 114 Å². The lowest BCUT2D eigenvalue weighted by Crippen LogP contribution is -2.02. The van der Waals surface area contributed by atoms with E-state index in [4.69, 9.17) is 23.7 Å². The van der Waals surface area contributed by atoms with Gasteiger partial charge in [-0.25, -0.2) is 0 Å². The van der Waals surface area contributed by atoms with Gasteiger partial charge in [-0.15, -0.1) is 0 Å². The van der Waals surface area contributed by atoms with Crippen molar-refractivity contribution in [3.8, 4) is 0 Å². The minimum atomic E-state index is 0.559. The molecule has 1 aliphatic carbocycles. The molecule has 1 aromatic rings. The average molecular weight is 260 g/mol. The van der Waals surface area contributed by atoms with E-state index in [0.29, 0.717) is 6.54 Å². The number of nitrogens with two attached hydrogens (primary N) is 2. The predicted octanol–water partition coefficient (Wildman–Crippen LogP) is 3.01. The van der Waals surface area contributed by atoms with Crippen molar-refractivity contribution < 1.29 is 0 Å². The molecular formula is C15H20N2S. The largest absolute Gasteiger partial charge is 0.398 e. The predicted molar refractivity (Wildman–Crippen MR) is 81.1 cm³/mol. The second-order valence-corrected chi connectivity index (χ2v) is 5.47. The molecule has 1 aromatic carbocycles. The van der Waals surface area contributed by atoms with Gasteiger partial charge in [0.2, 0.25) is 0 Å². The standard InChI is InChI=1S/C15H20N2S/c16-10-12-3-6-13(7-4-12)15(17)9-14(18)8-5-11-1-2-11/h3-4,6-7,9,11H,1-2,5,8,10,16-17H2/b15-9-. The van der Waals surface area contributed by atoms with Crippen LogP contribution in [0.15, 0.2) is 30.3 Å². The van der Waals surface area contributed by atoms with Crippen molar-refractivity contribution >= 4 is 22.8 Å². The third-order valence-corrected chi connectivity index (χ3v) is 3.66. The van der Waals surface area contributed by atoms with Crippen LogP contribution in [0, 0.1) is 5.92 Å². The van der Waals surface area contributed by atoms with E-state index in [9.17, 15) is 0 Å². The zero-order valence-electron chi connectivity index (χ0n) is 10.6. The van der Waals surface area contributed by atoms with Crippen LogP contribution in [-0.4, -0.2) is 4.86 Å². The molecular weight excluding hydrogens is 240 g/mol. The minimum Gasteiger partial charge on any atom is -0.398 e. The van der Waals surface area contributed by atoms with Crippen LogP contribution in [0.25, 0.3) is 5.70 Å². The lowest BCUT2D eigenvalue weighted by atomic mass is 10.1. The maximum absolute atomic E-state index is 6.05. The first kappa shape index (κ1) is 13.2. The van der Waals surface area contributed by atoms with Gasteiger partial charge in [-0.05, 0) is 36.0 Å². The summed E-state index contributed by atoms with van der Waals surface area (Å²) in [6.07, 6.45) is 6.89. The smallest absolute Gasteiger partial charge is 0.0398 e. The van der Waals surface area contributed by atoms with E-state index in [1.54, 1.807) is 0 Å². The van der Waals surface area contributed by atoms with Gasteiger partial charge in [0, 0.05) is 17.1 Å². The summed E-state index contributed by atoms with van der Waals surface area (Å²) in [6.45, 7) is 0.559. The van der Waals surface area contributed by atoms with Crippen LogP contribution in [-0.2, 0) is 6.54 Å². The van der Waals surface area contributed by atoms with Crippen LogP contribution in [0.1, 0.15) is 36.8 Å². The Morgan fingerprint density at radius 1 is 1.28 bits per heavy atom. The first-order valence-corrected chi connectivity index (χ1v) is 6.89. The van der Waals surface area contributed by atoms with Gasteiger partial charge in [-0.3, -0.25) is 0 Å². The Hall–Kier alpha value is -1.19. The summed E-state index contributed by atoms with van der Waals surface area (Å²) in [4.78, 5) is 0.960. The summed E-state index contributed by atoms with van der Waals surface area (Å²) in [5.41, 5.74) is 14.5. The normalized spacial score (nSPS) is 15.7. The molecule has 0 spiro atoms. The van der Waals surface area contributed by atoms with Gasteiger partial charge in [0.1, 0.15) is 0 Å². The number of thiocarbonyl (C=S) groups is 1. The fraction of sp³-hybridized carbons (Fsp3) is 0.400. The molecule has 1 saturated carbocycles. The number of rotatable bonds is 6. The molecule has 0 aromatic heterocycles. The van der Waals surface area contributed by atoms with E-state index < -0.39 is 0 Å². The molecule has 2 rings (SSSR count). The van der Waals surface area contributed by atoms with E-state index in [1.807, 2.05) is 30.3 Å². The molecule has 0 aliphatic heterocycles. The average Bonchev–Trinajstić information content (AvgIpc) is 3.20. The Balaban J connectivity index is 1.94. The van der Waals surface area contributed by atoms with Crippen molar-refractivity contribution in [1.29, 1.82) is 0 Å². The fourth-order valence-electron chi connectivity index (χ4n) is 1.92. The Morgan fingerprint density at radius 2 is 1.94 bits per heavy atom. The SMILES string of the molecule is NCc1ccc(/C(N)=C/C(=S)CCC2CC2)cc1. The maximum Gasteiger partial charge on any atom is 0.0398 e. The highest BCUT2D eigenvalue weighted by Crippen LogP contribution is 2.33. The summed E-state index contributed by atoms with van der Waals surface area (Å²) in [5.74, 6) is 0.918. The first-order chi connectivity index (χ1) is 8.69. The molecule has 0 radical (unpaired) electrons. The van der Waals surface area contributed by atoms with Crippen molar-refractivity contribution in [1.82, 2.24) is 0 Å². The van der Waals surface area contributed by atoms with Crippen molar-refractivity contribution in [3.05, 3.63) is 41.5 Å². The Morgan fingerprint density at radius 3 is 2.50 bits per heavy atom. The van der Waals surface area contributed by atoms with E-state index in [0.717, 1.165) is 34.0 Å². The molecule has 0 unspecified atom stereocenters. The molecule has 96 valence electrons.